The fraction of sp³-hybridized carbons (Fsp3) is 0.688. The van der Waals surface area contributed by atoms with Gasteiger partial charge in [-0.3, -0.25) is 14.7 Å². The molecule has 7 heteroatoms. The standard InChI is InChI=1S/C16H24N4O3/c1-10(2)12-7-13(19-18-12)16(22)20-5-3-11(9-20)8-17-15(21)14-4-6-23-14/h7,10-11,14H,3-6,8-9H2,1-2H3,(H,17,21)(H,18,19)/t11-,14?/m0/s1. The summed E-state index contributed by atoms with van der Waals surface area (Å²) >= 11 is 0. The van der Waals surface area contributed by atoms with Crippen LogP contribution in [0, 0.1) is 5.92 Å². The van der Waals surface area contributed by atoms with E-state index in [1.54, 1.807) is 0 Å². The van der Waals surface area contributed by atoms with Gasteiger partial charge in [0, 0.05) is 31.7 Å². The molecule has 126 valence electrons. The second kappa shape index (κ2) is 6.70. The van der Waals surface area contributed by atoms with Crippen molar-refractivity contribution in [2.24, 2.45) is 5.92 Å². The summed E-state index contributed by atoms with van der Waals surface area (Å²) in [4.78, 5) is 26.0. The lowest BCUT2D eigenvalue weighted by molar-refractivity contribution is -0.145. The Kier molecular flexibility index (Phi) is 4.66. The Labute approximate surface area is 135 Å². The molecular formula is C16H24N4O3. The second-order valence-electron chi connectivity index (χ2n) is 6.66. The van der Waals surface area contributed by atoms with Crippen LogP contribution in [0.5, 0.6) is 0 Å². The predicted octanol–water partition coefficient (Wildman–Crippen LogP) is 0.900. The van der Waals surface area contributed by atoms with Crippen molar-refractivity contribution >= 4 is 11.8 Å². The van der Waals surface area contributed by atoms with Crippen LogP contribution in [0.3, 0.4) is 0 Å². The molecule has 23 heavy (non-hydrogen) atoms. The molecule has 1 aromatic heterocycles. The number of aromatic nitrogens is 2. The van der Waals surface area contributed by atoms with Crippen LogP contribution in [0.2, 0.25) is 0 Å². The van der Waals surface area contributed by atoms with Gasteiger partial charge in [0.25, 0.3) is 5.91 Å². The molecule has 2 atom stereocenters. The molecule has 0 spiro atoms. The number of likely N-dealkylation sites (tertiary alicyclic amines) is 1. The SMILES string of the molecule is CC(C)c1cc(C(=O)N2CC[C@@H](CNC(=O)C3CCO3)C2)n[nH]1. The number of nitrogens with zero attached hydrogens (tertiary/aromatic N) is 2. The summed E-state index contributed by atoms with van der Waals surface area (Å²) in [6.07, 6.45) is 1.44. The first kappa shape index (κ1) is 16.0. The zero-order valence-corrected chi connectivity index (χ0v) is 13.7. The highest BCUT2D eigenvalue weighted by atomic mass is 16.5. The van der Waals surface area contributed by atoms with Gasteiger partial charge in [-0.1, -0.05) is 13.8 Å². The van der Waals surface area contributed by atoms with Crippen LogP contribution < -0.4 is 5.32 Å². The summed E-state index contributed by atoms with van der Waals surface area (Å²) in [7, 11) is 0. The van der Waals surface area contributed by atoms with Gasteiger partial charge in [-0.25, -0.2) is 0 Å². The Morgan fingerprint density at radius 3 is 2.87 bits per heavy atom. The number of aromatic amines is 1. The smallest absolute Gasteiger partial charge is 0.274 e. The monoisotopic (exact) mass is 320 g/mol. The van der Waals surface area contributed by atoms with E-state index < -0.39 is 0 Å². The summed E-state index contributed by atoms with van der Waals surface area (Å²) < 4.78 is 5.16. The highest BCUT2D eigenvalue weighted by molar-refractivity contribution is 5.92. The van der Waals surface area contributed by atoms with E-state index in [4.69, 9.17) is 4.74 Å². The van der Waals surface area contributed by atoms with E-state index in [0.29, 0.717) is 43.8 Å². The van der Waals surface area contributed by atoms with E-state index in [-0.39, 0.29) is 17.9 Å². The van der Waals surface area contributed by atoms with Gasteiger partial charge < -0.3 is 15.0 Å². The maximum absolute atomic E-state index is 12.5. The minimum atomic E-state index is -0.271. The first-order chi connectivity index (χ1) is 11.0. The average Bonchev–Trinajstić information content (AvgIpc) is 3.12. The number of amides is 2. The molecule has 0 aromatic carbocycles. The molecule has 0 aliphatic carbocycles. The van der Waals surface area contributed by atoms with Crippen molar-refractivity contribution in [1.82, 2.24) is 20.4 Å². The highest BCUT2D eigenvalue weighted by Gasteiger charge is 2.30. The molecule has 1 unspecified atom stereocenters. The molecule has 3 rings (SSSR count). The quantitative estimate of drug-likeness (QED) is 0.844. The van der Waals surface area contributed by atoms with E-state index in [1.165, 1.54) is 0 Å². The number of ether oxygens (including phenoxy) is 1. The van der Waals surface area contributed by atoms with E-state index in [9.17, 15) is 9.59 Å². The van der Waals surface area contributed by atoms with Crippen LogP contribution in [0.15, 0.2) is 6.07 Å². The summed E-state index contributed by atoms with van der Waals surface area (Å²) in [6, 6.07) is 1.83. The Morgan fingerprint density at radius 1 is 1.48 bits per heavy atom. The van der Waals surface area contributed by atoms with E-state index >= 15 is 0 Å². The molecule has 2 N–H and O–H groups in total. The number of H-pyrrole nitrogens is 1. The van der Waals surface area contributed by atoms with Gasteiger partial charge in [-0.05, 0) is 24.3 Å². The van der Waals surface area contributed by atoms with Gasteiger partial charge >= 0.3 is 0 Å². The van der Waals surface area contributed by atoms with Crippen LogP contribution >= 0.6 is 0 Å². The van der Waals surface area contributed by atoms with E-state index in [2.05, 4.69) is 29.4 Å². The summed E-state index contributed by atoms with van der Waals surface area (Å²) in [5, 5.41) is 9.96. The van der Waals surface area contributed by atoms with Crippen LogP contribution in [0.25, 0.3) is 0 Å². The van der Waals surface area contributed by atoms with Crippen molar-refractivity contribution in [1.29, 1.82) is 0 Å². The normalized spacial score (nSPS) is 23.9. The minimum absolute atomic E-state index is 0.0325. The van der Waals surface area contributed by atoms with Gasteiger partial charge in [0.2, 0.25) is 5.91 Å². The van der Waals surface area contributed by atoms with E-state index in [1.807, 2.05) is 11.0 Å². The molecule has 3 heterocycles. The first-order valence-corrected chi connectivity index (χ1v) is 8.28. The second-order valence-corrected chi connectivity index (χ2v) is 6.66. The molecule has 2 aliphatic heterocycles. The molecule has 2 saturated heterocycles. The Balaban J connectivity index is 1.48. The van der Waals surface area contributed by atoms with Crippen molar-refractivity contribution in [2.75, 3.05) is 26.2 Å². The lowest BCUT2D eigenvalue weighted by Crippen LogP contribution is -2.44. The maximum Gasteiger partial charge on any atom is 0.274 e. The van der Waals surface area contributed by atoms with Crippen LogP contribution in [0.4, 0.5) is 0 Å². The number of carbonyl (C=O) groups excluding carboxylic acids is 2. The van der Waals surface area contributed by atoms with Gasteiger partial charge in [0.15, 0.2) is 0 Å². The number of rotatable bonds is 5. The zero-order valence-electron chi connectivity index (χ0n) is 13.7. The maximum atomic E-state index is 12.5. The predicted molar refractivity (Wildman–Crippen MR) is 84.1 cm³/mol. The number of hydrogen-bond donors (Lipinski definition) is 2. The summed E-state index contributed by atoms with van der Waals surface area (Å²) in [5.74, 6) is 0.546. The Hall–Kier alpha value is -1.89. The van der Waals surface area contributed by atoms with Crippen LogP contribution in [-0.4, -0.2) is 59.3 Å². The van der Waals surface area contributed by atoms with Crippen LogP contribution in [0.1, 0.15) is 48.8 Å². The van der Waals surface area contributed by atoms with Gasteiger partial charge in [-0.15, -0.1) is 0 Å². The molecule has 1 aromatic rings. The lowest BCUT2D eigenvalue weighted by Gasteiger charge is -2.25. The topological polar surface area (TPSA) is 87.3 Å². The van der Waals surface area contributed by atoms with Gasteiger partial charge in [0.1, 0.15) is 11.8 Å². The third-order valence-corrected chi connectivity index (χ3v) is 4.57. The largest absolute Gasteiger partial charge is 0.368 e. The van der Waals surface area contributed by atoms with Crippen molar-refractivity contribution in [3.05, 3.63) is 17.5 Å². The van der Waals surface area contributed by atoms with Crippen LogP contribution in [-0.2, 0) is 9.53 Å². The molecule has 2 amide bonds. The van der Waals surface area contributed by atoms with Crippen molar-refractivity contribution in [3.8, 4) is 0 Å². The molecule has 0 bridgehead atoms. The summed E-state index contributed by atoms with van der Waals surface area (Å²) in [6.45, 7) is 6.76. The van der Waals surface area contributed by atoms with Gasteiger partial charge in [-0.2, -0.15) is 5.10 Å². The minimum Gasteiger partial charge on any atom is -0.368 e. The molecule has 7 nitrogen and oxygen atoms in total. The van der Waals surface area contributed by atoms with E-state index in [0.717, 1.165) is 18.5 Å². The average molecular weight is 320 g/mol. The third kappa shape index (κ3) is 3.55. The number of hydrogen-bond acceptors (Lipinski definition) is 4. The first-order valence-electron chi connectivity index (χ1n) is 8.28. The molecular weight excluding hydrogens is 296 g/mol. The molecule has 0 saturated carbocycles. The fourth-order valence-electron chi connectivity index (χ4n) is 2.89. The van der Waals surface area contributed by atoms with Crippen molar-refractivity contribution < 1.29 is 14.3 Å². The van der Waals surface area contributed by atoms with Crippen molar-refractivity contribution in [3.63, 3.8) is 0 Å². The fourth-order valence-corrected chi connectivity index (χ4v) is 2.89. The number of nitrogens with one attached hydrogen (secondary N) is 2. The Morgan fingerprint density at radius 2 is 2.26 bits per heavy atom. The van der Waals surface area contributed by atoms with Gasteiger partial charge in [0.05, 0.1) is 6.61 Å². The molecule has 2 fully saturated rings. The molecule has 0 radical (unpaired) electrons. The summed E-state index contributed by atoms with van der Waals surface area (Å²) in [5.41, 5.74) is 1.44. The third-order valence-electron chi connectivity index (χ3n) is 4.57. The van der Waals surface area contributed by atoms with Crippen molar-refractivity contribution in [2.45, 2.75) is 38.7 Å². The molecule has 2 aliphatic rings. The number of carbonyl (C=O) groups is 2. The zero-order chi connectivity index (χ0) is 16.4. The highest BCUT2D eigenvalue weighted by Crippen LogP contribution is 2.20. The Bertz CT molecular complexity index is 580. The lowest BCUT2D eigenvalue weighted by atomic mass is 10.1.